The summed E-state index contributed by atoms with van der Waals surface area (Å²) in [6.45, 7) is 6.52. The number of hydrogen-bond donors (Lipinski definition) is 0. The van der Waals surface area contributed by atoms with E-state index in [1.165, 1.54) is 16.0 Å². The quantitative estimate of drug-likeness (QED) is 0.635. The number of piperazine rings is 1. The van der Waals surface area contributed by atoms with Crippen LogP contribution in [0.2, 0.25) is 0 Å². The van der Waals surface area contributed by atoms with Crippen LogP contribution in [0.25, 0.3) is 0 Å². The van der Waals surface area contributed by atoms with Crippen LogP contribution in [0, 0.1) is 6.92 Å². The van der Waals surface area contributed by atoms with Gasteiger partial charge in [-0.2, -0.15) is 0 Å². The fraction of sp³-hybridized carbons (Fsp3) is 0.292. The lowest BCUT2D eigenvalue weighted by atomic mass is 10.0. The van der Waals surface area contributed by atoms with Gasteiger partial charge in [0.05, 0.1) is 0 Å². The number of amides is 1. The van der Waals surface area contributed by atoms with E-state index in [1.807, 2.05) is 23.1 Å². The monoisotopic (exact) mass is 390 g/mol. The van der Waals surface area contributed by atoms with Crippen LogP contribution in [0.5, 0.6) is 0 Å². The number of nitrogens with zero attached hydrogens (tertiary/aromatic N) is 2. The van der Waals surface area contributed by atoms with Gasteiger partial charge in [-0.3, -0.25) is 9.69 Å². The Hall–Kier alpha value is -2.43. The summed E-state index contributed by atoms with van der Waals surface area (Å²) < 4.78 is 0. The number of aryl methyl sites for hydroxylation is 1. The minimum absolute atomic E-state index is 0.169. The first-order valence-corrected chi connectivity index (χ1v) is 10.7. The van der Waals surface area contributed by atoms with Crippen LogP contribution in [0.4, 0.5) is 0 Å². The molecule has 0 unspecified atom stereocenters. The molecular formula is C24H26N2OS. The molecule has 2 aromatic carbocycles. The zero-order chi connectivity index (χ0) is 19.3. The molecule has 1 fully saturated rings. The highest BCUT2D eigenvalue weighted by Gasteiger charge is 2.23. The summed E-state index contributed by atoms with van der Waals surface area (Å²) in [7, 11) is 0. The first-order valence-electron chi connectivity index (χ1n) is 9.86. The lowest BCUT2D eigenvalue weighted by molar-refractivity contribution is 0.0627. The number of benzene rings is 2. The van der Waals surface area contributed by atoms with E-state index in [-0.39, 0.29) is 5.91 Å². The first kappa shape index (κ1) is 18.9. The average molecular weight is 391 g/mol. The summed E-state index contributed by atoms with van der Waals surface area (Å²) in [5.74, 6) is 0.169. The Morgan fingerprint density at radius 3 is 2.54 bits per heavy atom. The molecule has 1 amide bonds. The van der Waals surface area contributed by atoms with Gasteiger partial charge in [-0.1, -0.05) is 54.1 Å². The van der Waals surface area contributed by atoms with E-state index in [9.17, 15) is 4.79 Å². The maximum atomic E-state index is 13.2. The van der Waals surface area contributed by atoms with Gasteiger partial charge in [0, 0.05) is 49.6 Å². The molecule has 1 aliphatic rings. The summed E-state index contributed by atoms with van der Waals surface area (Å²) in [5.41, 5.74) is 4.62. The van der Waals surface area contributed by atoms with Crippen LogP contribution in [0.3, 0.4) is 0 Å². The van der Waals surface area contributed by atoms with Crippen LogP contribution in [-0.2, 0) is 13.0 Å². The van der Waals surface area contributed by atoms with Crippen LogP contribution >= 0.6 is 11.3 Å². The van der Waals surface area contributed by atoms with Gasteiger partial charge >= 0.3 is 0 Å². The summed E-state index contributed by atoms with van der Waals surface area (Å²) in [6.07, 6.45) is 0.826. The standard InChI is InChI=1S/C24H26N2OS/c1-19-6-4-7-20(16-19)18-25-11-13-26(14-12-25)24(27)23-10-3-2-8-21(23)17-22-9-5-15-28-22/h2-10,15-16H,11-14,17-18H2,1H3. The molecule has 0 N–H and O–H groups in total. The Labute approximate surface area is 171 Å². The number of hydrogen-bond acceptors (Lipinski definition) is 3. The van der Waals surface area contributed by atoms with Crippen molar-refractivity contribution in [3.63, 3.8) is 0 Å². The van der Waals surface area contributed by atoms with Crippen molar-refractivity contribution in [2.24, 2.45) is 0 Å². The third-order valence-corrected chi connectivity index (χ3v) is 6.22. The fourth-order valence-electron chi connectivity index (χ4n) is 3.83. The summed E-state index contributed by atoms with van der Waals surface area (Å²) in [5, 5.41) is 2.09. The Balaban J connectivity index is 1.39. The molecule has 0 saturated carbocycles. The van der Waals surface area contributed by atoms with Crippen LogP contribution in [-0.4, -0.2) is 41.9 Å². The molecule has 2 heterocycles. The normalized spacial score (nSPS) is 15.0. The highest BCUT2D eigenvalue weighted by molar-refractivity contribution is 7.09. The molecular weight excluding hydrogens is 364 g/mol. The Morgan fingerprint density at radius 2 is 1.79 bits per heavy atom. The number of thiophene rings is 1. The van der Waals surface area contributed by atoms with Crippen molar-refractivity contribution in [1.82, 2.24) is 9.80 Å². The number of carbonyl (C=O) groups is 1. The molecule has 0 radical (unpaired) electrons. The third kappa shape index (κ3) is 4.51. The van der Waals surface area contributed by atoms with Gasteiger partial charge < -0.3 is 4.90 Å². The van der Waals surface area contributed by atoms with Crippen molar-refractivity contribution in [1.29, 1.82) is 0 Å². The van der Waals surface area contributed by atoms with Gasteiger partial charge in [-0.05, 0) is 35.6 Å². The summed E-state index contributed by atoms with van der Waals surface area (Å²) in [4.78, 5) is 18.9. The Bertz CT molecular complexity index is 927. The lowest BCUT2D eigenvalue weighted by Crippen LogP contribution is -2.48. The second-order valence-corrected chi connectivity index (χ2v) is 8.50. The second-order valence-electron chi connectivity index (χ2n) is 7.47. The minimum atomic E-state index is 0.169. The molecule has 0 bridgehead atoms. The topological polar surface area (TPSA) is 23.6 Å². The SMILES string of the molecule is Cc1cccc(CN2CCN(C(=O)c3ccccc3Cc3cccs3)CC2)c1. The van der Waals surface area contributed by atoms with E-state index in [2.05, 4.69) is 59.7 Å². The van der Waals surface area contributed by atoms with Gasteiger partial charge in [0.2, 0.25) is 0 Å². The first-order chi connectivity index (χ1) is 13.7. The van der Waals surface area contributed by atoms with Gasteiger partial charge in [-0.25, -0.2) is 0 Å². The smallest absolute Gasteiger partial charge is 0.254 e. The van der Waals surface area contributed by atoms with Crippen molar-refractivity contribution in [2.75, 3.05) is 26.2 Å². The van der Waals surface area contributed by atoms with E-state index in [4.69, 9.17) is 0 Å². The van der Waals surface area contributed by atoms with Crippen molar-refractivity contribution >= 4 is 17.2 Å². The van der Waals surface area contributed by atoms with E-state index in [0.717, 1.165) is 50.3 Å². The van der Waals surface area contributed by atoms with Crippen LogP contribution < -0.4 is 0 Å². The van der Waals surface area contributed by atoms with E-state index in [1.54, 1.807) is 11.3 Å². The molecule has 4 heteroatoms. The molecule has 0 aliphatic carbocycles. The van der Waals surface area contributed by atoms with Crippen molar-refractivity contribution in [3.8, 4) is 0 Å². The molecule has 3 nitrogen and oxygen atoms in total. The summed E-state index contributed by atoms with van der Waals surface area (Å²) in [6, 6.07) is 20.9. The van der Waals surface area contributed by atoms with Crippen molar-refractivity contribution in [3.05, 3.63) is 93.2 Å². The predicted molar refractivity (Wildman–Crippen MR) is 116 cm³/mol. The predicted octanol–water partition coefficient (Wildman–Crippen LogP) is 4.61. The molecule has 1 aliphatic heterocycles. The molecule has 144 valence electrons. The van der Waals surface area contributed by atoms with E-state index in [0.29, 0.717) is 0 Å². The van der Waals surface area contributed by atoms with E-state index >= 15 is 0 Å². The highest BCUT2D eigenvalue weighted by Crippen LogP contribution is 2.20. The molecule has 28 heavy (non-hydrogen) atoms. The Morgan fingerprint density at radius 1 is 0.964 bits per heavy atom. The molecule has 4 rings (SSSR count). The third-order valence-electron chi connectivity index (χ3n) is 5.34. The van der Waals surface area contributed by atoms with Gasteiger partial charge in [0.15, 0.2) is 0 Å². The van der Waals surface area contributed by atoms with E-state index < -0.39 is 0 Å². The second kappa shape index (κ2) is 8.72. The number of carbonyl (C=O) groups excluding carboxylic acids is 1. The molecule has 1 saturated heterocycles. The number of rotatable bonds is 5. The maximum absolute atomic E-state index is 13.2. The molecule has 0 atom stereocenters. The highest BCUT2D eigenvalue weighted by atomic mass is 32.1. The summed E-state index contributed by atoms with van der Waals surface area (Å²) >= 11 is 1.74. The lowest BCUT2D eigenvalue weighted by Gasteiger charge is -2.35. The largest absolute Gasteiger partial charge is 0.336 e. The van der Waals surface area contributed by atoms with Crippen LogP contribution in [0.15, 0.2) is 66.0 Å². The molecule has 3 aromatic rings. The van der Waals surface area contributed by atoms with Crippen molar-refractivity contribution < 1.29 is 4.79 Å². The minimum Gasteiger partial charge on any atom is -0.336 e. The molecule has 0 spiro atoms. The van der Waals surface area contributed by atoms with Gasteiger partial charge in [0.25, 0.3) is 5.91 Å². The van der Waals surface area contributed by atoms with Crippen molar-refractivity contribution in [2.45, 2.75) is 19.9 Å². The fourth-order valence-corrected chi connectivity index (χ4v) is 4.56. The molecule has 1 aromatic heterocycles. The maximum Gasteiger partial charge on any atom is 0.254 e. The average Bonchev–Trinajstić information content (AvgIpc) is 3.22. The van der Waals surface area contributed by atoms with Crippen LogP contribution in [0.1, 0.15) is 31.9 Å². The zero-order valence-corrected chi connectivity index (χ0v) is 17.1. The Kier molecular flexibility index (Phi) is 5.89. The van der Waals surface area contributed by atoms with Gasteiger partial charge in [-0.15, -0.1) is 11.3 Å². The van der Waals surface area contributed by atoms with Gasteiger partial charge in [0.1, 0.15) is 0 Å². The zero-order valence-electron chi connectivity index (χ0n) is 16.3.